The Kier molecular flexibility index (Phi) is 6.20. The zero-order chi connectivity index (χ0) is 17.7. The van der Waals surface area contributed by atoms with Crippen LogP contribution < -0.4 is 10.6 Å². The number of nitrogens with one attached hydrogen (secondary N) is 2. The van der Waals surface area contributed by atoms with Gasteiger partial charge in [-0.2, -0.15) is 0 Å². The van der Waals surface area contributed by atoms with Crippen LogP contribution in [0.25, 0.3) is 0 Å². The smallest absolute Gasteiger partial charge is 0.408 e. The van der Waals surface area contributed by atoms with Gasteiger partial charge in [0.2, 0.25) is 5.76 Å². The number of carbonyl (C=O) groups excluding carboxylic acids is 2. The van der Waals surface area contributed by atoms with Crippen LogP contribution in [0.2, 0.25) is 0 Å². The minimum Gasteiger partial charge on any atom is -0.463 e. The first-order chi connectivity index (χ1) is 10.5. The van der Waals surface area contributed by atoms with Gasteiger partial charge in [0.25, 0.3) is 0 Å². The van der Waals surface area contributed by atoms with Gasteiger partial charge >= 0.3 is 12.1 Å². The maximum absolute atomic E-state index is 11.8. The predicted octanol–water partition coefficient (Wildman–Crippen LogP) is 2.46. The fraction of sp³-hybridized carbons (Fsp3) is 0.625. The maximum Gasteiger partial charge on any atom is 0.408 e. The third-order valence-corrected chi connectivity index (χ3v) is 2.75. The van der Waals surface area contributed by atoms with Crippen molar-refractivity contribution in [1.82, 2.24) is 10.6 Å². The van der Waals surface area contributed by atoms with Crippen LogP contribution >= 0.6 is 0 Å². The Balaban J connectivity index is 2.43. The van der Waals surface area contributed by atoms with Crippen molar-refractivity contribution in [3.63, 3.8) is 0 Å². The van der Waals surface area contributed by atoms with Gasteiger partial charge in [-0.1, -0.05) is 0 Å². The van der Waals surface area contributed by atoms with Crippen LogP contribution in [0.15, 0.2) is 16.5 Å². The number of esters is 1. The highest BCUT2D eigenvalue weighted by atomic mass is 16.6. The summed E-state index contributed by atoms with van der Waals surface area (Å²) in [6.07, 6.45) is -0.463. The molecule has 2 N–H and O–H groups in total. The fourth-order valence-corrected chi connectivity index (χ4v) is 1.81. The van der Waals surface area contributed by atoms with Crippen molar-refractivity contribution >= 4 is 12.1 Å². The number of hydrogen-bond acceptors (Lipinski definition) is 6. The Labute approximate surface area is 136 Å². The summed E-state index contributed by atoms with van der Waals surface area (Å²) in [6, 6.07) is 3.26. The van der Waals surface area contributed by atoms with Gasteiger partial charge in [0.15, 0.2) is 0 Å². The summed E-state index contributed by atoms with van der Waals surface area (Å²) < 4.78 is 15.2. The lowest BCUT2D eigenvalue weighted by Crippen LogP contribution is -2.51. The Hall–Kier alpha value is -2.02. The number of ether oxygens (including phenoxy) is 2. The van der Waals surface area contributed by atoms with Crippen LogP contribution in [-0.4, -0.2) is 36.9 Å². The van der Waals surface area contributed by atoms with Crippen LogP contribution in [0, 0.1) is 0 Å². The van der Waals surface area contributed by atoms with E-state index in [9.17, 15) is 9.59 Å². The molecule has 1 amide bonds. The van der Waals surface area contributed by atoms with E-state index in [0.29, 0.717) is 18.8 Å². The highest BCUT2D eigenvalue weighted by Crippen LogP contribution is 2.11. The highest BCUT2D eigenvalue weighted by molar-refractivity contribution is 5.86. The molecule has 0 saturated carbocycles. The van der Waals surface area contributed by atoms with Crippen molar-refractivity contribution in [2.24, 2.45) is 0 Å². The minimum absolute atomic E-state index is 0.162. The maximum atomic E-state index is 11.8. The second-order valence-electron chi connectivity index (χ2n) is 6.87. The van der Waals surface area contributed by atoms with E-state index in [-0.39, 0.29) is 5.76 Å². The summed E-state index contributed by atoms with van der Waals surface area (Å²) in [7, 11) is 1.30. The molecule has 0 aliphatic rings. The molecular weight excluding hydrogens is 300 g/mol. The summed E-state index contributed by atoms with van der Waals surface area (Å²) in [5.74, 6) is 0.261. The first-order valence-electron chi connectivity index (χ1n) is 7.41. The molecule has 7 heteroatoms. The molecular formula is C16H26N2O5. The van der Waals surface area contributed by atoms with Gasteiger partial charge in [0, 0.05) is 6.54 Å². The van der Waals surface area contributed by atoms with Crippen LogP contribution in [0.4, 0.5) is 4.79 Å². The van der Waals surface area contributed by atoms with Gasteiger partial charge in [-0.05, 0) is 46.8 Å². The van der Waals surface area contributed by atoms with E-state index in [1.165, 1.54) is 7.11 Å². The quantitative estimate of drug-likeness (QED) is 0.781. The van der Waals surface area contributed by atoms with Crippen molar-refractivity contribution in [3.8, 4) is 0 Å². The van der Waals surface area contributed by atoms with E-state index in [1.807, 2.05) is 34.6 Å². The molecule has 1 aromatic rings. The normalized spacial score (nSPS) is 11.9. The molecule has 0 atom stereocenters. The SMILES string of the molecule is COC(=O)c1ccc(CNCC(C)(C)NC(=O)OC(C)(C)C)o1. The average Bonchev–Trinajstić information content (AvgIpc) is 2.83. The number of amides is 1. The van der Waals surface area contributed by atoms with E-state index in [0.717, 1.165) is 0 Å². The van der Waals surface area contributed by atoms with Crippen molar-refractivity contribution in [2.75, 3.05) is 13.7 Å². The van der Waals surface area contributed by atoms with Crippen LogP contribution in [0.5, 0.6) is 0 Å². The molecule has 0 aliphatic heterocycles. The van der Waals surface area contributed by atoms with Crippen LogP contribution in [0.3, 0.4) is 0 Å². The van der Waals surface area contributed by atoms with Crippen molar-refractivity contribution in [2.45, 2.75) is 52.3 Å². The molecule has 0 bridgehead atoms. The van der Waals surface area contributed by atoms with Crippen molar-refractivity contribution < 1.29 is 23.5 Å². The molecule has 0 spiro atoms. The van der Waals surface area contributed by atoms with E-state index in [1.54, 1.807) is 12.1 Å². The predicted molar refractivity (Wildman–Crippen MR) is 85.2 cm³/mol. The molecule has 7 nitrogen and oxygen atoms in total. The molecule has 0 fully saturated rings. The number of furan rings is 1. The monoisotopic (exact) mass is 326 g/mol. The van der Waals surface area contributed by atoms with Gasteiger partial charge in [0.1, 0.15) is 11.4 Å². The van der Waals surface area contributed by atoms with E-state index in [4.69, 9.17) is 9.15 Å². The molecule has 0 unspecified atom stereocenters. The minimum atomic E-state index is -0.536. The largest absolute Gasteiger partial charge is 0.463 e. The molecule has 130 valence electrons. The molecule has 0 radical (unpaired) electrons. The summed E-state index contributed by atoms with van der Waals surface area (Å²) in [5.41, 5.74) is -1.04. The van der Waals surface area contributed by atoms with E-state index >= 15 is 0 Å². The van der Waals surface area contributed by atoms with Crippen molar-refractivity contribution in [3.05, 3.63) is 23.7 Å². The van der Waals surface area contributed by atoms with Gasteiger partial charge in [-0.25, -0.2) is 9.59 Å². The van der Waals surface area contributed by atoms with E-state index in [2.05, 4.69) is 15.4 Å². The molecule has 0 aliphatic carbocycles. The number of alkyl carbamates (subject to hydrolysis) is 1. The fourth-order valence-electron chi connectivity index (χ4n) is 1.81. The molecule has 0 saturated heterocycles. The first kappa shape index (κ1) is 19.0. The zero-order valence-corrected chi connectivity index (χ0v) is 14.6. The van der Waals surface area contributed by atoms with Gasteiger partial charge in [0.05, 0.1) is 19.2 Å². The Morgan fingerprint density at radius 1 is 1.17 bits per heavy atom. The second-order valence-corrected chi connectivity index (χ2v) is 6.87. The third kappa shape index (κ3) is 7.19. The topological polar surface area (TPSA) is 89.8 Å². The summed E-state index contributed by atoms with van der Waals surface area (Å²) in [5, 5.41) is 5.97. The van der Waals surface area contributed by atoms with E-state index < -0.39 is 23.2 Å². The average molecular weight is 326 g/mol. The number of methoxy groups -OCH3 is 1. The summed E-state index contributed by atoms with van der Waals surface area (Å²) >= 11 is 0. The lowest BCUT2D eigenvalue weighted by atomic mass is 10.1. The zero-order valence-electron chi connectivity index (χ0n) is 14.6. The molecule has 1 rings (SSSR count). The van der Waals surface area contributed by atoms with Crippen LogP contribution in [-0.2, 0) is 16.0 Å². The number of rotatable bonds is 6. The molecule has 23 heavy (non-hydrogen) atoms. The molecule has 1 aromatic heterocycles. The second kappa shape index (κ2) is 7.50. The highest BCUT2D eigenvalue weighted by Gasteiger charge is 2.24. The Morgan fingerprint density at radius 2 is 1.83 bits per heavy atom. The summed E-state index contributed by atoms with van der Waals surface area (Å²) in [6.45, 7) is 10.1. The lowest BCUT2D eigenvalue weighted by Gasteiger charge is -2.28. The Morgan fingerprint density at radius 3 is 2.39 bits per heavy atom. The van der Waals surface area contributed by atoms with Crippen LogP contribution in [0.1, 0.15) is 50.9 Å². The molecule has 1 heterocycles. The number of hydrogen-bond donors (Lipinski definition) is 2. The van der Waals surface area contributed by atoms with Crippen molar-refractivity contribution in [1.29, 1.82) is 0 Å². The lowest BCUT2D eigenvalue weighted by molar-refractivity contribution is 0.0470. The first-order valence-corrected chi connectivity index (χ1v) is 7.41. The van der Waals surface area contributed by atoms with Gasteiger partial charge < -0.3 is 24.5 Å². The summed E-state index contributed by atoms with van der Waals surface area (Å²) in [4.78, 5) is 23.1. The third-order valence-electron chi connectivity index (χ3n) is 2.75. The molecule has 0 aromatic carbocycles. The number of carbonyl (C=O) groups is 2. The Bertz CT molecular complexity index is 543. The standard InChI is InChI=1S/C16H26N2O5/c1-15(2,3)23-14(20)18-16(4,5)10-17-9-11-7-8-12(22-11)13(19)21-6/h7-8,17H,9-10H2,1-6H3,(H,18,20). The van der Waals surface area contributed by atoms with Gasteiger partial charge in [-0.3, -0.25) is 0 Å². The van der Waals surface area contributed by atoms with Gasteiger partial charge in [-0.15, -0.1) is 0 Å².